The van der Waals surface area contributed by atoms with E-state index in [9.17, 15) is 0 Å². The van der Waals surface area contributed by atoms with Crippen LogP contribution in [0, 0.1) is 0 Å². The molecule has 0 unspecified atom stereocenters. The van der Waals surface area contributed by atoms with Crippen molar-refractivity contribution in [1.82, 2.24) is 5.48 Å². The quantitative estimate of drug-likeness (QED) is 0.520. The highest BCUT2D eigenvalue weighted by Crippen LogP contribution is 2.42. The zero-order valence-corrected chi connectivity index (χ0v) is 13.5. The Kier molecular flexibility index (Phi) is 3.65. The van der Waals surface area contributed by atoms with E-state index in [1.807, 2.05) is 60.0 Å². The summed E-state index contributed by atoms with van der Waals surface area (Å²) in [4.78, 5) is 4.82. The molecule has 0 amide bonds. The first-order chi connectivity index (χ1) is 11.8. The van der Waals surface area contributed by atoms with Gasteiger partial charge in [0.05, 0.1) is 11.4 Å². The zero-order chi connectivity index (χ0) is 16.5. The summed E-state index contributed by atoms with van der Waals surface area (Å²) in [7, 11) is 0. The molecule has 1 aliphatic rings. The van der Waals surface area contributed by atoms with Crippen LogP contribution in [0.5, 0.6) is 10.8 Å². The summed E-state index contributed by atoms with van der Waals surface area (Å²) < 4.78 is 6.02. The van der Waals surface area contributed by atoms with E-state index in [1.54, 1.807) is 0 Å². The molecule has 0 radical (unpaired) electrons. The van der Waals surface area contributed by atoms with Gasteiger partial charge in [-0.25, -0.2) is 4.99 Å². The molecule has 2 aromatic carbocycles. The van der Waals surface area contributed by atoms with Crippen molar-refractivity contribution in [3.05, 3.63) is 83.2 Å². The van der Waals surface area contributed by atoms with E-state index >= 15 is 0 Å². The fourth-order valence-corrected chi connectivity index (χ4v) is 3.29. The Labute approximate surface area is 143 Å². The van der Waals surface area contributed by atoms with E-state index < -0.39 is 0 Å². The monoisotopic (exact) mass is 334 g/mol. The molecular formula is C19H14N2O2S. The average Bonchev–Trinajstić information content (AvgIpc) is 3.00. The summed E-state index contributed by atoms with van der Waals surface area (Å²) in [6, 6.07) is 17.6. The molecule has 0 saturated heterocycles. The van der Waals surface area contributed by atoms with Crippen LogP contribution < -0.4 is 10.2 Å². The maximum Gasteiger partial charge on any atom is 0.206 e. The van der Waals surface area contributed by atoms with Crippen LogP contribution in [0.15, 0.2) is 71.5 Å². The molecule has 5 heteroatoms. The van der Waals surface area contributed by atoms with Crippen LogP contribution in [0.4, 0.5) is 5.69 Å². The molecule has 0 bridgehead atoms. The van der Waals surface area contributed by atoms with Crippen molar-refractivity contribution in [2.75, 3.05) is 0 Å². The van der Waals surface area contributed by atoms with Crippen LogP contribution in [0.1, 0.15) is 16.7 Å². The van der Waals surface area contributed by atoms with Crippen LogP contribution >= 0.6 is 11.3 Å². The minimum atomic E-state index is 0.452. The van der Waals surface area contributed by atoms with Gasteiger partial charge in [0.2, 0.25) is 5.06 Å². The molecular weight excluding hydrogens is 320 g/mol. The number of ether oxygens (including phenoxy) is 1. The Balaban J connectivity index is 1.85. The second-order valence-corrected chi connectivity index (χ2v) is 6.20. The maximum absolute atomic E-state index is 8.97. The summed E-state index contributed by atoms with van der Waals surface area (Å²) in [6.07, 6.45) is 0. The number of fused-ring (bicyclic) bond motifs is 2. The number of benzene rings is 2. The van der Waals surface area contributed by atoms with E-state index in [0.29, 0.717) is 5.70 Å². The highest BCUT2D eigenvalue weighted by Gasteiger charge is 2.19. The third-order valence-corrected chi connectivity index (χ3v) is 4.61. The standard InChI is InChI=1S/C19H14N2O2S/c1-12(21-22)13-6-8-14(9-7-13)18-15-4-2-3-5-17(15)23-19-16(20-18)10-11-24-19/h2-11,21-22H,1H2. The van der Waals surface area contributed by atoms with E-state index in [0.717, 1.165) is 38.9 Å². The third kappa shape index (κ3) is 2.50. The van der Waals surface area contributed by atoms with Gasteiger partial charge in [0, 0.05) is 11.1 Å². The molecule has 24 heavy (non-hydrogen) atoms. The van der Waals surface area contributed by atoms with Gasteiger partial charge in [-0.2, -0.15) is 0 Å². The molecule has 0 aliphatic carbocycles. The van der Waals surface area contributed by atoms with Crippen molar-refractivity contribution >= 4 is 28.4 Å². The van der Waals surface area contributed by atoms with Crippen LogP contribution in [0.2, 0.25) is 0 Å². The van der Waals surface area contributed by atoms with Crippen LogP contribution in [-0.2, 0) is 0 Å². The molecule has 0 spiro atoms. The molecule has 4 rings (SSSR count). The summed E-state index contributed by atoms with van der Waals surface area (Å²) in [5.41, 5.74) is 6.95. The molecule has 118 valence electrons. The van der Waals surface area contributed by atoms with E-state index in [-0.39, 0.29) is 0 Å². The second kappa shape index (κ2) is 5.96. The Morgan fingerprint density at radius 2 is 1.88 bits per heavy atom. The Morgan fingerprint density at radius 1 is 1.08 bits per heavy atom. The molecule has 0 atom stereocenters. The molecule has 2 heterocycles. The number of hydroxylamine groups is 1. The number of hydrogen-bond donors (Lipinski definition) is 2. The SMILES string of the molecule is C=C(NO)c1ccc(C2=Nc3ccsc3Oc3ccccc32)cc1. The Hall–Kier alpha value is -2.89. The summed E-state index contributed by atoms with van der Waals surface area (Å²) in [6.45, 7) is 3.75. The molecule has 1 aliphatic heterocycles. The lowest BCUT2D eigenvalue weighted by atomic mass is 9.99. The van der Waals surface area contributed by atoms with Gasteiger partial charge in [-0.15, -0.1) is 11.3 Å². The highest BCUT2D eigenvalue weighted by molar-refractivity contribution is 7.12. The number of para-hydroxylation sites is 1. The summed E-state index contributed by atoms with van der Waals surface area (Å²) in [5.74, 6) is 0.794. The van der Waals surface area contributed by atoms with Crippen molar-refractivity contribution in [3.63, 3.8) is 0 Å². The third-order valence-electron chi connectivity index (χ3n) is 3.83. The van der Waals surface area contributed by atoms with Gasteiger partial charge in [0.1, 0.15) is 11.4 Å². The van der Waals surface area contributed by atoms with Crippen LogP contribution in [0.25, 0.3) is 5.70 Å². The number of nitrogens with one attached hydrogen (secondary N) is 1. The van der Waals surface area contributed by atoms with Crippen molar-refractivity contribution in [1.29, 1.82) is 0 Å². The lowest BCUT2D eigenvalue weighted by Crippen LogP contribution is -2.06. The van der Waals surface area contributed by atoms with Crippen molar-refractivity contribution < 1.29 is 9.94 Å². The fourth-order valence-electron chi connectivity index (χ4n) is 2.59. The fraction of sp³-hybridized carbons (Fsp3) is 0. The maximum atomic E-state index is 8.97. The lowest BCUT2D eigenvalue weighted by Gasteiger charge is -2.10. The van der Waals surface area contributed by atoms with Gasteiger partial charge in [-0.3, -0.25) is 10.7 Å². The van der Waals surface area contributed by atoms with Gasteiger partial charge in [-0.05, 0) is 29.1 Å². The molecule has 3 aromatic rings. The van der Waals surface area contributed by atoms with Gasteiger partial charge in [-0.1, -0.05) is 43.0 Å². The summed E-state index contributed by atoms with van der Waals surface area (Å²) >= 11 is 1.53. The summed E-state index contributed by atoms with van der Waals surface area (Å²) in [5, 5.41) is 11.7. The van der Waals surface area contributed by atoms with E-state index in [1.165, 1.54) is 11.3 Å². The van der Waals surface area contributed by atoms with Crippen molar-refractivity contribution in [2.24, 2.45) is 4.99 Å². The van der Waals surface area contributed by atoms with Crippen molar-refractivity contribution in [3.8, 4) is 10.8 Å². The number of thiophene rings is 1. The van der Waals surface area contributed by atoms with Crippen molar-refractivity contribution in [2.45, 2.75) is 0 Å². The predicted molar refractivity (Wildman–Crippen MR) is 96.5 cm³/mol. The normalized spacial score (nSPS) is 12.3. The molecule has 0 fully saturated rings. The second-order valence-electron chi connectivity index (χ2n) is 5.32. The highest BCUT2D eigenvalue weighted by atomic mass is 32.1. The van der Waals surface area contributed by atoms with Gasteiger partial charge < -0.3 is 4.74 Å². The number of aliphatic imine (C=N–C) groups is 1. The topological polar surface area (TPSA) is 53.8 Å². The molecule has 0 saturated carbocycles. The van der Waals surface area contributed by atoms with Gasteiger partial charge >= 0.3 is 0 Å². The molecule has 1 aromatic heterocycles. The average molecular weight is 334 g/mol. The van der Waals surface area contributed by atoms with E-state index in [4.69, 9.17) is 14.9 Å². The van der Waals surface area contributed by atoms with Gasteiger partial charge in [0.25, 0.3) is 0 Å². The largest absolute Gasteiger partial charge is 0.444 e. The smallest absolute Gasteiger partial charge is 0.206 e. The number of rotatable bonds is 3. The lowest BCUT2D eigenvalue weighted by molar-refractivity contribution is 0.225. The van der Waals surface area contributed by atoms with E-state index in [2.05, 4.69) is 12.1 Å². The molecule has 4 nitrogen and oxygen atoms in total. The minimum Gasteiger partial charge on any atom is -0.444 e. The first-order valence-corrected chi connectivity index (χ1v) is 8.27. The predicted octanol–water partition coefficient (Wildman–Crippen LogP) is 4.97. The number of hydrogen-bond acceptors (Lipinski definition) is 5. The number of nitrogens with zero attached hydrogens (tertiary/aromatic N) is 1. The molecule has 2 N–H and O–H groups in total. The van der Waals surface area contributed by atoms with Crippen LogP contribution in [-0.4, -0.2) is 10.9 Å². The minimum absolute atomic E-state index is 0.452. The zero-order valence-electron chi connectivity index (χ0n) is 12.7. The van der Waals surface area contributed by atoms with Gasteiger partial charge in [0.15, 0.2) is 0 Å². The van der Waals surface area contributed by atoms with Crippen LogP contribution in [0.3, 0.4) is 0 Å². The Morgan fingerprint density at radius 3 is 2.67 bits per heavy atom. The Bertz CT molecular complexity index is 942. The first-order valence-electron chi connectivity index (χ1n) is 7.39. The first kappa shape index (κ1) is 14.7.